The normalized spacial score (nSPS) is 14.3. The number of aliphatic hydroxyl groups is 2. The summed E-state index contributed by atoms with van der Waals surface area (Å²) in [5.41, 5.74) is 24.1. The van der Waals surface area contributed by atoms with Crippen molar-refractivity contribution >= 4 is 140 Å². The SMILES string of the molecule is CC(C)(C)OC(=O)N1CCN(c2ccnc(N)c2)S1(=O)=O.CC(C)(C)OC(=O)N1CCNS1(=O)=O.CC(C)(CCO)CCO.CCn1nnc(-c2ccc(Cl)nc2)n1.Clc1ccc(-c2nn[nH]n2)cn1.N#Cc1ccc(Cl)nc1.NN=C(N)c1ccc(Cl)nc1.Nc1cc(Br)ccn1.Nc1cc(N2CCNS2(=O)=O)ccn1. The summed E-state index contributed by atoms with van der Waals surface area (Å²) in [5.74, 6) is 7.33. The van der Waals surface area contributed by atoms with Gasteiger partial charge in [0.25, 0.3) is 0 Å². The minimum Gasteiger partial charge on any atom is -0.443 e. The Bertz CT molecular complexity index is 4820. The van der Waals surface area contributed by atoms with Crippen molar-refractivity contribution in [1.82, 2.24) is 93.8 Å². The number of rotatable bonds is 10. The van der Waals surface area contributed by atoms with Crippen molar-refractivity contribution < 1.29 is 54.5 Å². The average molecular weight is 1760 g/mol. The van der Waals surface area contributed by atoms with Crippen LogP contribution in [0.25, 0.3) is 22.8 Å². The van der Waals surface area contributed by atoms with Gasteiger partial charge in [0.05, 0.1) is 43.1 Å². The van der Waals surface area contributed by atoms with Crippen molar-refractivity contribution in [1.29, 1.82) is 5.26 Å². The average Bonchev–Trinajstić information content (AvgIpc) is 1.62. The van der Waals surface area contributed by atoms with Crippen LogP contribution in [-0.4, -0.2) is 202 Å². The molecule has 0 aliphatic carbocycles. The highest BCUT2D eigenvalue weighted by molar-refractivity contribution is 9.10. The minimum absolute atomic E-state index is 0.0273. The maximum Gasteiger partial charge on any atom is 0.425 e. The van der Waals surface area contributed by atoms with Crippen LogP contribution in [0.2, 0.25) is 20.6 Å². The van der Waals surface area contributed by atoms with E-state index in [1.54, 1.807) is 115 Å². The van der Waals surface area contributed by atoms with Crippen LogP contribution in [0.3, 0.4) is 0 Å². The first-order chi connectivity index (χ1) is 52.6. The van der Waals surface area contributed by atoms with E-state index < -0.39 is 54.0 Å². The van der Waals surface area contributed by atoms with Crippen molar-refractivity contribution in [3.8, 4) is 28.8 Å². The van der Waals surface area contributed by atoms with Crippen molar-refractivity contribution in [3.63, 3.8) is 0 Å². The molecular formula is C64H85BrCl4N28O12S3. The number of amides is 2. The Morgan fingerprint density at radius 2 is 1.09 bits per heavy atom. The number of hydrogen-bond acceptors (Lipinski definition) is 31. The van der Waals surface area contributed by atoms with Gasteiger partial charge in [0.1, 0.15) is 55.3 Å². The second-order valence-corrected chi connectivity index (χ2v) is 32.7. The van der Waals surface area contributed by atoms with Gasteiger partial charge in [0.15, 0.2) is 5.84 Å². The third-order valence-corrected chi connectivity index (χ3v) is 19.8. The van der Waals surface area contributed by atoms with Gasteiger partial charge in [0, 0.05) is 110 Å². The summed E-state index contributed by atoms with van der Waals surface area (Å²) in [6, 6.07) is 25.1. The number of nitrogens with zero attached hydrogens (tertiary/aromatic N) is 20. The van der Waals surface area contributed by atoms with Crippen molar-refractivity contribution in [3.05, 3.63) is 165 Å². The predicted molar refractivity (Wildman–Crippen MR) is 426 cm³/mol. The molecule has 40 nitrogen and oxygen atoms in total. The van der Waals surface area contributed by atoms with Gasteiger partial charge in [-0.25, -0.2) is 44.5 Å². The number of nitriles is 1. The lowest BCUT2D eigenvalue weighted by molar-refractivity contribution is 0.0392. The summed E-state index contributed by atoms with van der Waals surface area (Å²) < 4.78 is 89.5. The summed E-state index contributed by atoms with van der Waals surface area (Å²) in [7, 11) is -11.0. The second kappa shape index (κ2) is 44.8. The Balaban J connectivity index is 0.000000269. The van der Waals surface area contributed by atoms with Crippen LogP contribution in [-0.2, 0) is 46.6 Å². The highest BCUT2D eigenvalue weighted by atomic mass is 79.9. The highest BCUT2D eigenvalue weighted by Gasteiger charge is 2.42. The molecule has 0 atom stereocenters. The first kappa shape index (κ1) is 94.2. The van der Waals surface area contributed by atoms with Gasteiger partial charge in [0.2, 0.25) is 11.6 Å². The van der Waals surface area contributed by atoms with Gasteiger partial charge in [-0.2, -0.15) is 63.7 Å². The van der Waals surface area contributed by atoms with E-state index in [-0.39, 0.29) is 56.5 Å². The molecule has 606 valence electrons. The molecule has 0 bridgehead atoms. The summed E-state index contributed by atoms with van der Waals surface area (Å²) in [4.78, 5) is 51.6. The Hall–Kier alpha value is -10.2. The number of hydrogen-bond donors (Lipinski definition) is 10. The van der Waals surface area contributed by atoms with E-state index in [0.29, 0.717) is 90.3 Å². The standard InChI is InChI=1S/C12H18N4O4S.C8H8ClN5.C7H10N4O2S.C7H14N2O4S.C7H16O2.C6H4ClN5.C6H7ClN4.C6H3ClN2.C5H5BrN2/c1-12(2,3)20-11(17)16-7-6-15(21(16,18)19)9-4-5-14-10(13)8-9;1-2-14-12-8(11-13-14)6-3-4-7(9)10-5-6;8-7-5-6(1-2-9-7)11-4-3-10-14(11,12)13;1-7(2,3)13-6(10)9-5-4-8-14(9,11)12;1-7(2,3-5-8)4-6-9;7-5-2-1-4(3-8-5)6-9-11-12-10-6;7-5-2-1-4(3-10-5)6(8)11-9;7-6-2-1-5(3-8)4-9-6;6-4-1-2-8-5(7)3-4/h4-5,8H,6-7H2,1-3H3,(H2,13,14);3-5H,2H2,1H3;1-2,5,10H,3-4H2,(H2,8,9);8H,4-5H2,1-3H3;8-9H,3-6H2,1-2H3;1-3H,(H,9,10,11,12);1-3H,9H2,(H2,8,11);1-2,4H;1-3H,(H2,7,8). The van der Waals surface area contributed by atoms with Gasteiger partial charge in [-0.1, -0.05) is 76.2 Å². The number of hydrazone groups is 1. The van der Waals surface area contributed by atoms with Gasteiger partial charge in [-0.15, -0.1) is 20.4 Å². The molecule has 12 heterocycles. The molecule has 3 saturated heterocycles. The molecule has 2 amide bonds. The molecule has 48 heteroatoms. The van der Waals surface area contributed by atoms with E-state index in [4.69, 9.17) is 100 Å². The van der Waals surface area contributed by atoms with Crippen molar-refractivity contribution in [2.24, 2.45) is 22.1 Å². The molecule has 0 aromatic carbocycles. The first-order valence-electron chi connectivity index (χ1n) is 32.8. The lowest BCUT2D eigenvalue weighted by atomic mass is 9.86. The van der Waals surface area contributed by atoms with E-state index >= 15 is 0 Å². The number of tetrazole rings is 2. The maximum atomic E-state index is 12.4. The molecule has 0 radical (unpaired) electrons. The van der Waals surface area contributed by atoms with Gasteiger partial charge in [-0.3, -0.25) is 8.61 Å². The zero-order valence-corrected chi connectivity index (χ0v) is 68.9. The largest absolute Gasteiger partial charge is 0.443 e. The summed E-state index contributed by atoms with van der Waals surface area (Å²) in [6.45, 7) is 18.6. The van der Waals surface area contributed by atoms with Crippen LogP contribution in [0.4, 0.5) is 38.4 Å². The molecule has 0 unspecified atom stereocenters. The molecule has 0 saturated carbocycles. The number of ether oxygens (including phenoxy) is 2. The van der Waals surface area contributed by atoms with E-state index in [9.17, 15) is 34.8 Å². The zero-order chi connectivity index (χ0) is 83.6. The number of halogens is 5. The minimum atomic E-state index is -3.96. The lowest BCUT2D eigenvalue weighted by Gasteiger charge is -2.24. The smallest absolute Gasteiger partial charge is 0.425 e. The Kier molecular flexibility index (Phi) is 37.6. The van der Waals surface area contributed by atoms with E-state index in [1.807, 2.05) is 39.0 Å². The molecule has 3 aliphatic heterocycles. The number of aryl methyl sites for hydroxylation is 1. The molecule has 12 rings (SSSR count). The van der Waals surface area contributed by atoms with E-state index in [1.165, 1.54) is 52.1 Å². The predicted octanol–water partition coefficient (Wildman–Crippen LogP) is 6.80. The number of carbonyl (C=O) groups is 2. The molecule has 112 heavy (non-hydrogen) atoms. The zero-order valence-electron chi connectivity index (χ0n) is 61.8. The number of amidine groups is 1. The molecule has 3 aliphatic rings. The number of aromatic nitrogens is 15. The number of aromatic amines is 1. The topological polar surface area (TPSA) is 587 Å². The number of H-pyrrole nitrogens is 1. The summed E-state index contributed by atoms with van der Waals surface area (Å²) in [5, 5.41) is 55.6. The summed E-state index contributed by atoms with van der Waals surface area (Å²) >= 11 is 25.5. The molecular weight excluding hydrogens is 1670 g/mol. The fraction of sp³-hybridized carbons (Fsp3) is 0.359. The number of carbonyl (C=O) groups excluding carboxylic acids is 2. The quantitative estimate of drug-likeness (QED) is 0.0221. The Labute approximate surface area is 675 Å². The van der Waals surface area contributed by atoms with Gasteiger partial charge < -0.3 is 48.5 Å². The highest BCUT2D eigenvalue weighted by Crippen LogP contribution is 2.28. The number of nitrogen functional groups attached to an aromatic ring is 3. The number of aliphatic hydroxyl groups excluding tert-OH is 2. The number of anilines is 5. The van der Waals surface area contributed by atoms with Crippen LogP contribution < -0.4 is 46.8 Å². The van der Waals surface area contributed by atoms with Crippen molar-refractivity contribution in [2.75, 3.05) is 78.3 Å². The maximum absolute atomic E-state index is 12.4. The van der Waals surface area contributed by atoms with Crippen LogP contribution in [0.5, 0.6) is 0 Å². The fourth-order valence-electron chi connectivity index (χ4n) is 8.18. The fourth-order valence-corrected chi connectivity index (χ4v) is 12.7. The summed E-state index contributed by atoms with van der Waals surface area (Å²) in [6.07, 6.45) is 10.5. The van der Waals surface area contributed by atoms with Gasteiger partial charge >= 0.3 is 42.8 Å². The monoisotopic (exact) mass is 1750 g/mol. The number of nitrogens with two attached hydrogens (primary N) is 5. The third kappa shape index (κ3) is 33.4. The van der Waals surface area contributed by atoms with Crippen LogP contribution in [0.1, 0.15) is 86.3 Å². The Morgan fingerprint density at radius 1 is 0.607 bits per heavy atom. The van der Waals surface area contributed by atoms with E-state index in [2.05, 4.69) is 101 Å². The van der Waals surface area contributed by atoms with Gasteiger partial charge in [-0.05, 0) is 150 Å². The third-order valence-electron chi connectivity index (χ3n) is 13.5. The van der Waals surface area contributed by atoms with Crippen LogP contribution in [0.15, 0.2) is 138 Å². The molecule has 15 N–H and O–H groups in total. The van der Waals surface area contributed by atoms with Crippen molar-refractivity contribution in [2.45, 2.75) is 92.9 Å². The van der Waals surface area contributed by atoms with E-state index in [0.717, 1.165) is 37.1 Å². The number of nitrogens with one attached hydrogen (secondary N) is 3. The molecule has 9 aromatic rings. The lowest BCUT2D eigenvalue weighted by Crippen LogP contribution is -2.40. The van der Waals surface area contributed by atoms with Crippen LogP contribution >= 0.6 is 62.3 Å². The molecule has 0 spiro atoms. The number of pyridine rings is 7. The first-order valence-corrected chi connectivity index (χ1v) is 39.4. The van der Waals surface area contributed by atoms with Crippen LogP contribution in [0, 0.1) is 16.7 Å². The second-order valence-electron chi connectivity index (χ2n) is 25.1. The molecule has 9 aromatic heterocycles. The Morgan fingerprint density at radius 3 is 1.47 bits per heavy atom. The molecule has 3 fully saturated rings.